The third-order valence-corrected chi connectivity index (χ3v) is 6.35. The number of fused-ring (bicyclic) bond motifs is 6. The van der Waals surface area contributed by atoms with Crippen LogP contribution in [-0.4, -0.2) is 6.29 Å². The van der Waals surface area contributed by atoms with Gasteiger partial charge in [0.05, 0.1) is 0 Å². The van der Waals surface area contributed by atoms with Gasteiger partial charge < -0.3 is 0 Å². The van der Waals surface area contributed by atoms with Crippen molar-refractivity contribution in [3.8, 4) is 22.3 Å². The van der Waals surface area contributed by atoms with Crippen molar-refractivity contribution in [2.45, 2.75) is 11.8 Å². The Hall–Kier alpha value is -3.45. The summed E-state index contributed by atoms with van der Waals surface area (Å²) >= 11 is 0. The zero-order valence-corrected chi connectivity index (χ0v) is 15.3. The number of benzene rings is 4. The van der Waals surface area contributed by atoms with E-state index in [1.807, 2.05) is 6.07 Å². The maximum absolute atomic E-state index is 11.5. The van der Waals surface area contributed by atoms with Gasteiger partial charge in [-0.15, -0.1) is 0 Å². The summed E-state index contributed by atoms with van der Waals surface area (Å²) in [6.07, 6.45) is 0.955. The van der Waals surface area contributed by atoms with Gasteiger partial charge in [0.15, 0.2) is 0 Å². The highest BCUT2D eigenvalue weighted by Crippen LogP contribution is 2.58. The normalized spacial score (nSPS) is 16.2. The number of rotatable bonds is 2. The van der Waals surface area contributed by atoms with Crippen molar-refractivity contribution < 1.29 is 4.79 Å². The molecule has 1 nitrogen and oxygen atoms in total. The van der Waals surface area contributed by atoms with E-state index in [4.69, 9.17) is 0 Å². The molecule has 0 amide bonds. The number of carbonyl (C=O) groups excluding carboxylic acids is 1. The van der Waals surface area contributed by atoms with E-state index in [1.165, 1.54) is 44.5 Å². The van der Waals surface area contributed by atoms with Crippen LogP contribution in [0.4, 0.5) is 0 Å². The van der Waals surface area contributed by atoms with Crippen LogP contribution in [0.1, 0.15) is 44.4 Å². The Bertz CT molecular complexity index is 1210. The molecular formula is C27H18O. The number of hydrogen-bond donors (Lipinski definition) is 0. The summed E-state index contributed by atoms with van der Waals surface area (Å²) in [7, 11) is 0. The molecule has 0 spiro atoms. The lowest BCUT2D eigenvalue weighted by atomic mass is 9.78. The topological polar surface area (TPSA) is 17.1 Å². The van der Waals surface area contributed by atoms with Gasteiger partial charge in [0, 0.05) is 17.4 Å². The minimum absolute atomic E-state index is 0.218. The van der Waals surface area contributed by atoms with Crippen molar-refractivity contribution >= 4 is 6.29 Å². The van der Waals surface area contributed by atoms with Crippen LogP contribution < -0.4 is 0 Å². The van der Waals surface area contributed by atoms with Crippen LogP contribution in [-0.2, 0) is 0 Å². The summed E-state index contributed by atoms with van der Waals surface area (Å²) in [6, 6.07) is 32.4. The van der Waals surface area contributed by atoms with Gasteiger partial charge in [-0.3, -0.25) is 4.79 Å². The molecule has 2 aliphatic carbocycles. The maximum atomic E-state index is 11.5. The lowest BCUT2D eigenvalue weighted by Crippen LogP contribution is -2.10. The summed E-state index contributed by atoms with van der Waals surface area (Å²) in [6.45, 7) is 0. The van der Waals surface area contributed by atoms with Crippen molar-refractivity contribution in [2.24, 2.45) is 0 Å². The molecule has 6 rings (SSSR count). The summed E-state index contributed by atoms with van der Waals surface area (Å²) in [5.41, 5.74) is 11.4. The Morgan fingerprint density at radius 2 is 0.929 bits per heavy atom. The molecule has 0 heterocycles. The second-order valence-electron chi connectivity index (χ2n) is 7.68. The second kappa shape index (κ2) is 5.77. The lowest BCUT2D eigenvalue weighted by molar-refractivity contribution is 0.112. The van der Waals surface area contributed by atoms with E-state index < -0.39 is 0 Å². The highest BCUT2D eigenvalue weighted by molar-refractivity contribution is 5.87. The van der Waals surface area contributed by atoms with Crippen molar-refractivity contribution in [1.82, 2.24) is 0 Å². The predicted molar refractivity (Wildman–Crippen MR) is 113 cm³/mol. The number of carbonyl (C=O) groups is 1. The number of aldehydes is 1. The Balaban J connectivity index is 1.67. The minimum Gasteiger partial charge on any atom is -0.298 e. The number of hydrogen-bond acceptors (Lipinski definition) is 1. The lowest BCUT2D eigenvalue weighted by Gasteiger charge is -2.24. The fourth-order valence-electron chi connectivity index (χ4n) is 5.25. The van der Waals surface area contributed by atoms with Crippen LogP contribution in [0, 0.1) is 0 Å². The van der Waals surface area contributed by atoms with Crippen molar-refractivity contribution in [2.75, 3.05) is 0 Å². The van der Waals surface area contributed by atoms with Gasteiger partial charge in [0.1, 0.15) is 6.29 Å². The van der Waals surface area contributed by atoms with E-state index in [1.54, 1.807) is 0 Å². The molecule has 1 unspecified atom stereocenters. The fourth-order valence-corrected chi connectivity index (χ4v) is 5.25. The molecule has 1 heteroatoms. The fraction of sp³-hybridized carbons (Fsp3) is 0.0741. The van der Waals surface area contributed by atoms with E-state index in [2.05, 4.69) is 84.9 Å². The summed E-state index contributed by atoms with van der Waals surface area (Å²) < 4.78 is 0. The van der Waals surface area contributed by atoms with Crippen LogP contribution in [0.15, 0.2) is 91.0 Å². The van der Waals surface area contributed by atoms with Gasteiger partial charge in [0.2, 0.25) is 0 Å². The molecule has 0 saturated heterocycles. The summed E-state index contributed by atoms with van der Waals surface area (Å²) in [5, 5.41) is 0. The average Bonchev–Trinajstić information content (AvgIpc) is 3.26. The third-order valence-electron chi connectivity index (χ3n) is 6.35. The first-order chi connectivity index (χ1) is 13.9. The van der Waals surface area contributed by atoms with E-state index in [0.717, 1.165) is 11.8 Å². The largest absolute Gasteiger partial charge is 0.298 e. The van der Waals surface area contributed by atoms with Crippen molar-refractivity contribution in [1.29, 1.82) is 0 Å². The monoisotopic (exact) mass is 358 g/mol. The van der Waals surface area contributed by atoms with E-state index in [9.17, 15) is 4.79 Å². The van der Waals surface area contributed by atoms with Gasteiger partial charge in [-0.1, -0.05) is 84.9 Å². The second-order valence-corrected chi connectivity index (χ2v) is 7.68. The summed E-state index contributed by atoms with van der Waals surface area (Å²) in [4.78, 5) is 11.5. The maximum Gasteiger partial charge on any atom is 0.150 e. The molecular weight excluding hydrogens is 340 g/mol. The first kappa shape index (κ1) is 15.6. The first-order valence-electron chi connectivity index (χ1n) is 9.73. The van der Waals surface area contributed by atoms with Crippen LogP contribution >= 0.6 is 0 Å². The Morgan fingerprint density at radius 1 is 0.500 bits per heavy atom. The molecule has 0 N–H and O–H groups in total. The van der Waals surface area contributed by atoms with Gasteiger partial charge in [0.25, 0.3) is 0 Å². The van der Waals surface area contributed by atoms with Gasteiger partial charge >= 0.3 is 0 Å². The van der Waals surface area contributed by atoms with Crippen LogP contribution in [0.3, 0.4) is 0 Å². The Morgan fingerprint density at radius 3 is 1.43 bits per heavy atom. The van der Waals surface area contributed by atoms with E-state index in [-0.39, 0.29) is 11.8 Å². The average molecular weight is 358 g/mol. The van der Waals surface area contributed by atoms with Gasteiger partial charge in [-0.05, 0) is 50.6 Å². The van der Waals surface area contributed by atoms with Gasteiger partial charge in [-0.2, -0.15) is 0 Å². The molecule has 0 radical (unpaired) electrons. The molecule has 4 aromatic rings. The molecule has 0 bridgehead atoms. The highest BCUT2D eigenvalue weighted by Gasteiger charge is 2.40. The molecule has 2 aliphatic rings. The molecule has 132 valence electrons. The molecule has 0 saturated carbocycles. The molecule has 0 aliphatic heterocycles. The Labute approximate surface area is 164 Å². The smallest absolute Gasteiger partial charge is 0.150 e. The van der Waals surface area contributed by atoms with Crippen LogP contribution in [0.25, 0.3) is 22.3 Å². The van der Waals surface area contributed by atoms with Crippen molar-refractivity contribution in [3.05, 3.63) is 119 Å². The standard InChI is InChI=1S/C27H18O/c28-16-17-13-14-21-20-9-3-6-12-24(20)27(25(21)15-17)26-22-10-4-1-7-18(22)19-8-2-5-11-23(19)26/h1-16,26-27H. The SMILES string of the molecule is O=Cc1ccc2c(c1)C(C1c3ccccc3-c3ccccc31)c1ccccc1-2. The van der Waals surface area contributed by atoms with Crippen molar-refractivity contribution in [3.63, 3.8) is 0 Å². The Kier molecular flexibility index (Phi) is 3.21. The molecule has 28 heavy (non-hydrogen) atoms. The molecule has 0 aromatic heterocycles. The molecule has 4 aromatic carbocycles. The minimum atomic E-state index is 0.218. The van der Waals surface area contributed by atoms with Crippen LogP contribution in [0.2, 0.25) is 0 Å². The van der Waals surface area contributed by atoms with E-state index in [0.29, 0.717) is 0 Å². The third kappa shape index (κ3) is 1.99. The predicted octanol–water partition coefficient (Wildman–Crippen LogP) is 6.42. The molecule has 0 fully saturated rings. The quantitative estimate of drug-likeness (QED) is 0.378. The highest BCUT2D eigenvalue weighted by atomic mass is 16.1. The summed E-state index contributed by atoms with van der Waals surface area (Å²) in [5.74, 6) is 0.479. The zero-order chi connectivity index (χ0) is 18.7. The zero-order valence-electron chi connectivity index (χ0n) is 15.3. The van der Waals surface area contributed by atoms with Crippen LogP contribution in [0.5, 0.6) is 0 Å². The van der Waals surface area contributed by atoms with Gasteiger partial charge in [-0.25, -0.2) is 0 Å². The van der Waals surface area contributed by atoms with E-state index >= 15 is 0 Å². The first-order valence-corrected chi connectivity index (χ1v) is 9.73. The molecule has 1 atom stereocenters.